The van der Waals surface area contributed by atoms with Crippen molar-refractivity contribution in [3.05, 3.63) is 0 Å². The van der Waals surface area contributed by atoms with E-state index < -0.39 is 23.9 Å². The topological polar surface area (TPSA) is 142 Å². The highest BCUT2D eigenvalue weighted by Crippen LogP contribution is 1.99. The maximum atomic E-state index is 11.7. The van der Waals surface area contributed by atoms with Crippen molar-refractivity contribution in [1.29, 1.82) is 0 Å². The highest BCUT2D eigenvalue weighted by Gasteiger charge is 2.22. The number of carboxylic acid groups (broad SMARTS) is 1. The zero-order valence-corrected chi connectivity index (χ0v) is 11.5. The molecule has 0 aromatic carbocycles. The first kappa shape index (κ1) is 17.7. The van der Waals surface area contributed by atoms with E-state index in [0.29, 0.717) is 0 Å². The fourth-order valence-electron chi connectivity index (χ4n) is 1.30. The molecule has 0 unspecified atom stereocenters. The number of urea groups is 1. The quantitative estimate of drug-likeness (QED) is 0.429. The minimum absolute atomic E-state index is 0.0836. The van der Waals surface area contributed by atoms with Crippen molar-refractivity contribution in [2.45, 2.75) is 25.3 Å². The largest absolute Gasteiger partial charge is 0.480 e. The molecule has 0 bridgehead atoms. The molecule has 1 atom stereocenters. The zero-order chi connectivity index (χ0) is 15.7. The average Bonchev–Trinajstić information content (AvgIpc) is 2.39. The van der Waals surface area contributed by atoms with E-state index >= 15 is 0 Å². The molecule has 0 saturated carbocycles. The summed E-state index contributed by atoms with van der Waals surface area (Å²) in [7, 11) is 2.91. The van der Waals surface area contributed by atoms with Gasteiger partial charge in [-0.05, 0) is 6.42 Å². The Labute approximate surface area is 116 Å². The number of carbonyl (C=O) groups is 4. The lowest BCUT2D eigenvalue weighted by Gasteiger charge is -2.20. The van der Waals surface area contributed by atoms with Crippen molar-refractivity contribution < 1.29 is 24.3 Å². The van der Waals surface area contributed by atoms with Crippen LogP contribution < -0.4 is 16.4 Å². The van der Waals surface area contributed by atoms with Crippen LogP contribution in [-0.2, 0) is 14.4 Å². The molecule has 9 heteroatoms. The van der Waals surface area contributed by atoms with E-state index in [9.17, 15) is 19.2 Å². The van der Waals surface area contributed by atoms with Gasteiger partial charge in [0.25, 0.3) is 0 Å². The highest BCUT2D eigenvalue weighted by atomic mass is 16.4. The van der Waals surface area contributed by atoms with Gasteiger partial charge in [-0.25, -0.2) is 9.59 Å². The lowest BCUT2D eigenvalue weighted by Crippen LogP contribution is -2.47. The number of rotatable bonds is 8. The molecular formula is C11H20N4O5. The molecule has 0 aliphatic rings. The molecule has 0 spiro atoms. The Morgan fingerprint density at radius 2 is 1.85 bits per heavy atom. The summed E-state index contributed by atoms with van der Waals surface area (Å²) in [5.41, 5.74) is 4.93. The van der Waals surface area contributed by atoms with E-state index in [1.165, 1.54) is 19.0 Å². The molecule has 20 heavy (non-hydrogen) atoms. The van der Waals surface area contributed by atoms with Gasteiger partial charge in [-0.15, -0.1) is 0 Å². The lowest BCUT2D eigenvalue weighted by molar-refractivity contribution is -0.139. The van der Waals surface area contributed by atoms with Gasteiger partial charge in [0, 0.05) is 33.5 Å². The molecule has 114 valence electrons. The predicted octanol–water partition coefficient (Wildman–Crippen LogP) is -1.52. The Morgan fingerprint density at radius 1 is 1.25 bits per heavy atom. The van der Waals surface area contributed by atoms with Gasteiger partial charge >= 0.3 is 12.0 Å². The number of nitrogens with one attached hydrogen (secondary N) is 2. The van der Waals surface area contributed by atoms with Crippen molar-refractivity contribution in [2.75, 3.05) is 20.6 Å². The van der Waals surface area contributed by atoms with Crippen molar-refractivity contribution >= 4 is 23.8 Å². The maximum Gasteiger partial charge on any atom is 0.326 e. The van der Waals surface area contributed by atoms with Crippen LogP contribution in [0.25, 0.3) is 0 Å². The second-order valence-electron chi connectivity index (χ2n) is 4.19. The number of carboxylic acids is 1. The van der Waals surface area contributed by atoms with E-state index in [-0.39, 0.29) is 31.7 Å². The molecular weight excluding hydrogens is 268 g/mol. The van der Waals surface area contributed by atoms with Crippen LogP contribution in [0.1, 0.15) is 19.3 Å². The number of hydrogen-bond donors (Lipinski definition) is 4. The van der Waals surface area contributed by atoms with Crippen molar-refractivity contribution in [3.8, 4) is 0 Å². The summed E-state index contributed by atoms with van der Waals surface area (Å²) in [5.74, 6) is -2.12. The molecule has 0 aliphatic heterocycles. The average molecular weight is 288 g/mol. The van der Waals surface area contributed by atoms with Crippen LogP contribution in [0.2, 0.25) is 0 Å². The number of nitrogens with two attached hydrogens (primary N) is 1. The minimum Gasteiger partial charge on any atom is -0.480 e. The second-order valence-corrected chi connectivity index (χ2v) is 4.19. The van der Waals surface area contributed by atoms with Crippen molar-refractivity contribution in [2.24, 2.45) is 5.73 Å². The first-order valence-corrected chi connectivity index (χ1v) is 6.01. The van der Waals surface area contributed by atoms with Crippen LogP contribution in [-0.4, -0.2) is 60.5 Å². The Morgan fingerprint density at radius 3 is 2.30 bits per heavy atom. The van der Waals surface area contributed by atoms with Crippen LogP contribution in [0.15, 0.2) is 0 Å². The fraction of sp³-hybridized carbons (Fsp3) is 0.636. The molecule has 5 N–H and O–H groups in total. The monoisotopic (exact) mass is 288 g/mol. The van der Waals surface area contributed by atoms with E-state index in [1.54, 1.807) is 0 Å². The van der Waals surface area contributed by atoms with Crippen LogP contribution in [0.3, 0.4) is 0 Å². The number of nitrogens with zero attached hydrogens (tertiary/aromatic N) is 1. The SMILES string of the molecule is CNC(=O)CCN(C)C(=O)N[C@@H](CCC(N)=O)C(=O)O. The summed E-state index contributed by atoms with van der Waals surface area (Å²) in [5, 5.41) is 13.6. The third kappa shape index (κ3) is 7.19. The molecule has 4 amide bonds. The van der Waals surface area contributed by atoms with Gasteiger partial charge in [-0.3, -0.25) is 9.59 Å². The third-order valence-electron chi connectivity index (χ3n) is 2.58. The summed E-state index contributed by atoms with van der Waals surface area (Å²) in [6, 6.07) is -1.83. The first-order valence-electron chi connectivity index (χ1n) is 6.01. The highest BCUT2D eigenvalue weighted by molar-refractivity contribution is 5.83. The molecule has 0 aromatic rings. The fourth-order valence-corrected chi connectivity index (χ4v) is 1.30. The van der Waals surface area contributed by atoms with Crippen molar-refractivity contribution in [1.82, 2.24) is 15.5 Å². The number of hydrogen-bond acceptors (Lipinski definition) is 4. The predicted molar refractivity (Wildman–Crippen MR) is 69.7 cm³/mol. The number of aliphatic carboxylic acids is 1. The third-order valence-corrected chi connectivity index (χ3v) is 2.58. The molecule has 0 aromatic heterocycles. The summed E-state index contributed by atoms with van der Waals surface area (Å²) < 4.78 is 0. The molecule has 9 nitrogen and oxygen atoms in total. The molecule has 0 saturated heterocycles. The van der Waals surface area contributed by atoms with Gasteiger partial charge in [0.05, 0.1) is 0 Å². The van der Waals surface area contributed by atoms with Gasteiger partial charge < -0.3 is 26.4 Å². The standard InChI is InChI=1S/C11H20N4O5/c1-13-9(17)5-6-15(2)11(20)14-7(10(18)19)3-4-8(12)16/h7H,3-6H2,1-2H3,(H2,12,16)(H,13,17)(H,14,20)(H,18,19)/t7-/m0/s1. The van der Waals surface area contributed by atoms with E-state index in [4.69, 9.17) is 10.8 Å². The lowest BCUT2D eigenvalue weighted by atomic mass is 10.1. The maximum absolute atomic E-state index is 11.7. The van der Waals surface area contributed by atoms with Gasteiger partial charge in [-0.1, -0.05) is 0 Å². The molecule has 0 rings (SSSR count). The van der Waals surface area contributed by atoms with Crippen LogP contribution >= 0.6 is 0 Å². The summed E-state index contributed by atoms with van der Waals surface area (Å²) in [6.07, 6.45) is -0.113. The summed E-state index contributed by atoms with van der Waals surface area (Å²) >= 11 is 0. The normalized spacial score (nSPS) is 11.3. The van der Waals surface area contributed by atoms with Gasteiger partial charge in [0.1, 0.15) is 6.04 Å². The van der Waals surface area contributed by atoms with E-state index in [1.807, 2.05) is 0 Å². The van der Waals surface area contributed by atoms with Crippen LogP contribution in [0.4, 0.5) is 4.79 Å². The Balaban J connectivity index is 4.33. The second kappa shape index (κ2) is 8.73. The van der Waals surface area contributed by atoms with Gasteiger partial charge in [0.2, 0.25) is 11.8 Å². The first-order chi connectivity index (χ1) is 9.27. The van der Waals surface area contributed by atoms with Crippen LogP contribution in [0, 0.1) is 0 Å². The van der Waals surface area contributed by atoms with Gasteiger partial charge in [0.15, 0.2) is 0 Å². The molecule has 0 aliphatic carbocycles. The molecule has 0 radical (unpaired) electrons. The van der Waals surface area contributed by atoms with E-state index in [0.717, 1.165) is 0 Å². The summed E-state index contributed by atoms with van der Waals surface area (Å²) in [6.45, 7) is 0.146. The Hall–Kier alpha value is -2.32. The minimum atomic E-state index is -1.25. The summed E-state index contributed by atoms with van der Waals surface area (Å²) in [4.78, 5) is 45.5. The number of primary amides is 1. The van der Waals surface area contributed by atoms with E-state index in [2.05, 4.69) is 10.6 Å². The van der Waals surface area contributed by atoms with Crippen LogP contribution in [0.5, 0.6) is 0 Å². The Bertz CT molecular complexity index is 385. The Kier molecular flexibility index (Phi) is 7.71. The van der Waals surface area contributed by atoms with Gasteiger partial charge in [-0.2, -0.15) is 0 Å². The number of carbonyl (C=O) groups excluding carboxylic acids is 3. The zero-order valence-electron chi connectivity index (χ0n) is 11.5. The molecule has 0 heterocycles. The smallest absolute Gasteiger partial charge is 0.326 e. The number of amides is 4. The van der Waals surface area contributed by atoms with Crippen molar-refractivity contribution in [3.63, 3.8) is 0 Å². The molecule has 0 fully saturated rings.